The van der Waals surface area contributed by atoms with Crippen LogP contribution < -0.4 is 31.9 Å². The lowest BCUT2D eigenvalue weighted by molar-refractivity contribution is -0.123. The second-order valence-corrected chi connectivity index (χ2v) is 13.1. The molecule has 0 aliphatic carbocycles. The van der Waals surface area contributed by atoms with Gasteiger partial charge in [-0.1, -0.05) is 34.6 Å². The van der Waals surface area contributed by atoms with Crippen molar-refractivity contribution in [3.8, 4) is 0 Å². The molecule has 0 aliphatic heterocycles. The summed E-state index contributed by atoms with van der Waals surface area (Å²) in [7, 11) is 0. The van der Waals surface area contributed by atoms with E-state index in [0.717, 1.165) is 38.6 Å². The highest BCUT2D eigenvalue weighted by Crippen LogP contribution is 2.00. The van der Waals surface area contributed by atoms with Crippen molar-refractivity contribution in [1.82, 2.24) is 46.6 Å². The molecule has 0 aromatic heterocycles. The smallest absolute Gasteiger partial charge is 0.221 e. The van der Waals surface area contributed by atoms with Crippen molar-refractivity contribution < 1.29 is 28.8 Å². The summed E-state index contributed by atoms with van der Waals surface area (Å²) in [6.45, 7) is 18.3. The van der Waals surface area contributed by atoms with Crippen molar-refractivity contribution in [2.75, 3.05) is 98.2 Å². The van der Waals surface area contributed by atoms with Gasteiger partial charge in [0.1, 0.15) is 0 Å². The quantitative estimate of drug-likeness (QED) is 0.0560. The van der Waals surface area contributed by atoms with Gasteiger partial charge in [0, 0.05) is 130 Å². The highest BCUT2D eigenvalue weighted by Gasteiger charge is 2.15. The van der Waals surface area contributed by atoms with Crippen molar-refractivity contribution in [3.05, 3.63) is 0 Å². The van der Waals surface area contributed by atoms with E-state index in [1.807, 2.05) is 37.5 Å². The monoisotopic (exact) mass is 740 g/mol. The van der Waals surface area contributed by atoms with Crippen molar-refractivity contribution in [2.45, 2.75) is 105 Å². The largest absolute Gasteiger partial charge is 0.356 e. The number of nitrogens with one attached hydrogen (secondary N) is 6. The van der Waals surface area contributed by atoms with Gasteiger partial charge in [0.25, 0.3) is 0 Å². The fraction of sp³-hybridized carbons (Fsp3) is 0.838. The lowest BCUT2D eigenvalue weighted by atomic mass is 10.2. The number of carbonyl (C=O) groups excluding carboxylic acids is 6. The van der Waals surface area contributed by atoms with Crippen LogP contribution in [0, 0.1) is 0 Å². The van der Waals surface area contributed by atoms with Crippen LogP contribution in [-0.4, -0.2) is 148 Å². The van der Waals surface area contributed by atoms with Crippen LogP contribution in [0.2, 0.25) is 0 Å². The first-order valence-electron chi connectivity index (χ1n) is 19.8. The Morgan fingerprint density at radius 2 is 0.500 bits per heavy atom. The molecule has 0 bridgehead atoms. The van der Waals surface area contributed by atoms with Crippen molar-refractivity contribution in [2.24, 2.45) is 0 Å². The van der Waals surface area contributed by atoms with E-state index in [1.165, 1.54) is 0 Å². The topological polar surface area (TPSA) is 184 Å². The molecule has 0 saturated carbocycles. The Labute approximate surface area is 313 Å². The van der Waals surface area contributed by atoms with E-state index in [4.69, 9.17) is 0 Å². The molecule has 6 N–H and O–H groups in total. The summed E-state index contributed by atoms with van der Waals surface area (Å²) in [6, 6.07) is 0. The molecule has 0 rings (SSSR count). The Balaban J connectivity index is 4.75. The molecule has 0 atom stereocenters. The van der Waals surface area contributed by atoms with Crippen LogP contribution in [-0.2, 0) is 28.8 Å². The van der Waals surface area contributed by atoms with Gasteiger partial charge < -0.3 is 46.6 Å². The Morgan fingerprint density at radius 3 is 0.712 bits per heavy atom. The molecule has 0 aliphatic rings. The third-order valence-corrected chi connectivity index (χ3v) is 8.26. The number of amides is 6. The minimum atomic E-state index is -0.0845. The number of nitrogens with zero attached hydrogens (tertiary/aromatic N) is 3. The third kappa shape index (κ3) is 29.3. The van der Waals surface area contributed by atoms with E-state index in [1.54, 1.807) is 0 Å². The summed E-state index contributed by atoms with van der Waals surface area (Å²) in [5, 5.41) is 17.5. The summed E-state index contributed by atoms with van der Waals surface area (Å²) in [4.78, 5) is 80.2. The van der Waals surface area contributed by atoms with Gasteiger partial charge in [-0.3, -0.25) is 28.8 Å². The zero-order valence-corrected chi connectivity index (χ0v) is 33.2. The van der Waals surface area contributed by atoms with Crippen LogP contribution in [0.15, 0.2) is 0 Å². The Hall–Kier alpha value is -3.30. The van der Waals surface area contributed by atoms with Gasteiger partial charge in [0.15, 0.2) is 0 Å². The molecule has 15 nitrogen and oxygen atoms in total. The van der Waals surface area contributed by atoms with Gasteiger partial charge in [-0.15, -0.1) is 0 Å². The molecule has 0 heterocycles. The molecule has 0 aromatic carbocycles. The summed E-state index contributed by atoms with van der Waals surface area (Å²) in [5.74, 6) is -0.261. The minimum Gasteiger partial charge on any atom is -0.356 e. The number of hydrogen-bond donors (Lipinski definition) is 6. The fourth-order valence-corrected chi connectivity index (χ4v) is 5.18. The maximum atomic E-state index is 12.7. The zero-order valence-electron chi connectivity index (χ0n) is 33.2. The number of hydrogen-bond acceptors (Lipinski definition) is 9. The summed E-state index contributed by atoms with van der Waals surface area (Å²) in [6.07, 6.45) is 6.28. The van der Waals surface area contributed by atoms with Crippen LogP contribution >= 0.6 is 0 Å². The molecular weight excluding hydrogens is 666 g/mol. The van der Waals surface area contributed by atoms with E-state index in [-0.39, 0.29) is 35.4 Å². The minimum absolute atomic E-state index is 0.0229. The van der Waals surface area contributed by atoms with Crippen LogP contribution in [0.4, 0.5) is 0 Å². The average Bonchev–Trinajstić information content (AvgIpc) is 3.13. The lowest BCUT2D eigenvalue weighted by Crippen LogP contribution is -2.40. The normalized spacial score (nSPS) is 11.1. The first-order valence-corrected chi connectivity index (χ1v) is 19.8. The third-order valence-electron chi connectivity index (χ3n) is 8.26. The number of rotatable bonds is 34. The van der Waals surface area contributed by atoms with Gasteiger partial charge in [0.05, 0.1) is 0 Å². The molecule has 15 heteroatoms. The van der Waals surface area contributed by atoms with Gasteiger partial charge >= 0.3 is 0 Å². The first-order chi connectivity index (χ1) is 25.1. The van der Waals surface area contributed by atoms with Gasteiger partial charge in [-0.25, -0.2) is 0 Å². The van der Waals surface area contributed by atoms with E-state index in [0.29, 0.717) is 130 Å². The van der Waals surface area contributed by atoms with Gasteiger partial charge in [-0.05, 0) is 38.6 Å². The molecule has 52 heavy (non-hydrogen) atoms. The maximum absolute atomic E-state index is 12.7. The molecule has 0 unspecified atom stereocenters. The average molecular weight is 740 g/mol. The van der Waals surface area contributed by atoms with E-state index in [2.05, 4.69) is 43.7 Å². The Kier molecular flexibility index (Phi) is 31.4. The summed E-state index contributed by atoms with van der Waals surface area (Å²) < 4.78 is 0. The van der Waals surface area contributed by atoms with E-state index in [9.17, 15) is 28.8 Å². The van der Waals surface area contributed by atoms with Gasteiger partial charge in [0.2, 0.25) is 35.4 Å². The van der Waals surface area contributed by atoms with Crippen LogP contribution in [0.3, 0.4) is 0 Å². The summed E-state index contributed by atoms with van der Waals surface area (Å²) >= 11 is 0. The van der Waals surface area contributed by atoms with E-state index >= 15 is 0 Å². The van der Waals surface area contributed by atoms with Gasteiger partial charge in [-0.2, -0.15) is 0 Å². The molecule has 6 amide bonds. The Bertz CT molecular complexity index is 879. The predicted molar refractivity (Wildman–Crippen MR) is 207 cm³/mol. The first kappa shape index (κ1) is 48.7. The second kappa shape index (κ2) is 33.5. The molecule has 302 valence electrons. The maximum Gasteiger partial charge on any atom is 0.221 e. The van der Waals surface area contributed by atoms with Crippen LogP contribution in [0.1, 0.15) is 105 Å². The summed E-state index contributed by atoms with van der Waals surface area (Å²) in [5.41, 5.74) is 0. The zero-order chi connectivity index (χ0) is 38.8. The highest BCUT2D eigenvalue weighted by molar-refractivity contribution is 5.78. The highest BCUT2D eigenvalue weighted by atomic mass is 16.2. The Morgan fingerprint density at radius 1 is 0.288 bits per heavy atom. The molecule has 0 fully saturated rings. The predicted octanol–water partition coefficient (Wildman–Crippen LogP) is 0.980. The molecule has 0 saturated heterocycles. The second-order valence-electron chi connectivity index (χ2n) is 13.1. The number of carbonyl (C=O) groups is 6. The van der Waals surface area contributed by atoms with Crippen molar-refractivity contribution >= 4 is 35.4 Å². The standard InChI is InChI=1S/C37H73N9O6/c1-6-17-38-32(47)13-26-45(27-14-33(48)39-18-7-2)30-21-42-36(51)11-24-44(23-10-5)25-12-37(52)43-22-31-46(28-15-34(49)40-19-8-3)29-16-35(50)41-20-9-4/h6-31H2,1-5H3,(H,38,47)(H,39,48)(H,40,49)(H,41,50)(H,42,51)(H,43,52). The molecular formula is C37H73N9O6. The fourth-order valence-electron chi connectivity index (χ4n) is 5.18. The molecule has 0 spiro atoms. The van der Waals surface area contributed by atoms with Crippen molar-refractivity contribution in [1.29, 1.82) is 0 Å². The van der Waals surface area contributed by atoms with Crippen LogP contribution in [0.5, 0.6) is 0 Å². The lowest BCUT2D eigenvalue weighted by Gasteiger charge is -2.23. The SMILES string of the molecule is CCCNC(=O)CCN(CCNC(=O)CCN(CCC)CCC(=O)NCCN(CCC(=O)NCCC)CCC(=O)NCCC)CCC(=O)NCCC. The van der Waals surface area contributed by atoms with Crippen LogP contribution in [0.25, 0.3) is 0 Å². The van der Waals surface area contributed by atoms with Crippen molar-refractivity contribution in [3.63, 3.8) is 0 Å². The molecule has 0 aromatic rings. The van der Waals surface area contributed by atoms with E-state index < -0.39 is 0 Å². The molecule has 0 radical (unpaired) electrons.